The lowest BCUT2D eigenvalue weighted by Gasteiger charge is -2.05. The van der Waals surface area contributed by atoms with Gasteiger partial charge in [0.25, 0.3) is 0 Å². The number of rotatable bonds is 5. The van der Waals surface area contributed by atoms with E-state index in [1.807, 2.05) is 41.8 Å². The highest BCUT2D eigenvalue weighted by Gasteiger charge is 2.04. The first-order chi connectivity index (χ1) is 8.78. The number of carbonyl (C=O) groups excluding carboxylic acids is 1. The van der Waals surface area contributed by atoms with Gasteiger partial charge in [0.2, 0.25) is 5.91 Å². The fraction of sp³-hybridized carbons (Fsp3) is 0.214. The Labute approximate surface area is 116 Å². The van der Waals surface area contributed by atoms with Gasteiger partial charge >= 0.3 is 0 Å². The lowest BCUT2D eigenvalue weighted by Crippen LogP contribution is -2.24. The number of carbonyl (C=O) groups is 1. The largest absolute Gasteiger partial charge is 0.352 e. The van der Waals surface area contributed by atoms with Gasteiger partial charge in [-0.25, -0.2) is 0 Å². The van der Waals surface area contributed by atoms with Crippen molar-refractivity contribution in [1.82, 2.24) is 5.32 Å². The van der Waals surface area contributed by atoms with Gasteiger partial charge < -0.3 is 5.32 Å². The number of thiophene rings is 1. The Morgan fingerprint density at radius 3 is 2.78 bits per heavy atom. The average Bonchev–Trinajstić information content (AvgIpc) is 2.89. The van der Waals surface area contributed by atoms with E-state index in [0.29, 0.717) is 18.8 Å². The summed E-state index contributed by atoms with van der Waals surface area (Å²) >= 11 is 7.37. The maximum absolute atomic E-state index is 11.7. The van der Waals surface area contributed by atoms with Crippen molar-refractivity contribution in [2.75, 3.05) is 0 Å². The van der Waals surface area contributed by atoms with Gasteiger partial charge in [-0.2, -0.15) is 0 Å². The molecule has 0 aliphatic rings. The van der Waals surface area contributed by atoms with Crippen LogP contribution in [0.1, 0.15) is 16.0 Å². The van der Waals surface area contributed by atoms with Crippen molar-refractivity contribution in [3.8, 4) is 0 Å². The van der Waals surface area contributed by atoms with Crippen LogP contribution in [0, 0.1) is 0 Å². The van der Waals surface area contributed by atoms with E-state index in [-0.39, 0.29) is 5.91 Å². The van der Waals surface area contributed by atoms with Crippen LogP contribution in [0.4, 0.5) is 0 Å². The normalized spacial score (nSPS) is 10.3. The molecule has 0 fully saturated rings. The van der Waals surface area contributed by atoms with Crippen molar-refractivity contribution in [3.63, 3.8) is 0 Å². The number of alkyl halides is 1. The fourth-order valence-electron chi connectivity index (χ4n) is 1.66. The number of amides is 1. The van der Waals surface area contributed by atoms with Crippen LogP contribution in [0.5, 0.6) is 0 Å². The smallest absolute Gasteiger partial charge is 0.225 e. The molecule has 0 atom stereocenters. The van der Waals surface area contributed by atoms with Crippen LogP contribution >= 0.6 is 22.9 Å². The van der Waals surface area contributed by atoms with Gasteiger partial charge in [-0.1, -0.05) is 30.3 Å². The molecule has 2 aromatic rings. The molecule has 0 saturated heterocycles. The number of halogens is 1. The fourth-order valence-corrected chi connectivity index (χ4v) is 2.53. The molecule has 0 radical (unpaired) electrons. The molecule has 0 unspecified atom stereocenters. The molecule has 18 heavy (non-hydrogen) atoms. The number of hydrogen-bond donors (Lipinski definition) is 1. The minimum atomic E-state index is 0.0497. The average molecular weight is 280 g/mol. The van der Waals surface area contributed by atoms with E-state index in [9.17, 15) is 4.79 Å². The van der Waals surface area contributed by atoms with E-state index in [4.69, 9.17) is 11.6 Å². The molecule has 1 aromatic heterocycles. The highest BCUT2D eigenvalue weighted by Crippen LogP contribution is 2.10. The van der Waals surface area contributed by atoms with Gasteiger partial charge in [0, 0.05) is 17.3 Å². The summed E-state index contributed by atoms with van der Waals surface area (Å²) < 4.78 is 0. The molecule has 1 N–H and O–H groups in total. The summed E-state index contributed by atoms with van der Waals surface area (Å²) in [5, 5.41) is 4.89. The standard InChI is InChI=1S/C14H14ClNOS/c15-9-11-3-1-4-12(7-11)10-16-14(17)8-13-5-2-6-18-13/h1-7H,8-10H2,(H,16,17). The predicted octanol–water partition coefficient (Wildman–Crippen LogP) is 3.35. The summed E-state index contributed by atoms with van der Waals surface area (Å²) in [5.41, 5.74) is 2.15. The Morgan fingerprint density at radius 1 is 1.22 bits per heavy atom. The molecule has 2 nitrogen and oxygen atoms in total. The third-order valence-corrected chi connectivity index (χ3v) is 3.74. The Hall–Kier alpha value is -1.32. The first-order valence-corrected chi connectivity index (χ1v) is 7.12. The third kappa shape index (κ3) is 3.86. The maximum Gasteiger partial charge on any atom is 0.225 e. The molecule has 0 spiro atoms. The molecule has 0 aliphatic heterocycles. The summed E-state index contributed by atoms with van der Waals surface area (Å²) in [6.45, 7) is 0.551. The maximum atomic E-state index is 11.7. The third-order valence-electron chi connectivity index (χ3n) is 2.55. The van der Waals surface area contributed by atoms with Gasteiger partial charge in [-0.15, -0.1) is 22.9 Å². The monoisotopic (exact) mass is 279 g/mol. The van der Waals surface area contributed by atoms with E-state index < -0.39 is 0 Å². The highest BCUT2D eigenvalue weighted by atomic mass is 35.5. The molecule has 1 heterocycles. The first kappa shape index (κ1) is 13.1. The summed E-state index contributed by atoms with van der Waals surface area (Å²) in [6, 6.07) is 11.9. The molecule has 0 bridgehead atoms. The predicted molar refractivity (Wildman–Crippen MR) is 75.9 cm³/mol. The van der Waals surface area contributed by atoms with Gasteiger partial charge in [0.1, 0.15) is 0 Å². The van der Waals surface area contributed by atoms with Crippen LogP contribution in [-0.4, -0.2) is 5.91 Å². The zero-order valence-corrected chi connectivity index (χ0v) is 11.4. The van der Waals surface area contributed by atoms with E-state index in [2.05, 4.69) is 5.32 Å². The van der Waals surface area contributed by atoms with Crippen LogP contribution < -0.4 is 5.32 Å². The van der Waals surface area contributed by atoms with E-state index in [0.717, 1.165) is 16.0 Å². The molecule has 94 valence electrons. The van der Waals surface area contributed by atoms with Crippen LogP contribution in [0.15, 0.2) is 41.8 Å². The zero-order valence-electron chi connectivity index (χ0n) is 9.86. The van der Waals surface area contributed by atoms with E-state index in [1.54, 1.807) is 11.3 Å². The molecule has 2 rings (SSSR count). The Morgan fingerprint density at radius 2 is 2.06 bits per heavy atom. The van der Waals surface area contributed by atoms with E-state index in [1.165, 1.54) is 0 Å². The molecule has 1 aromatic carbocycles. The van der Waals surface area contributed by atoms with Crippen LogP contribution in [0.25, 0.3) is 0 Å². The summed E-state index contributed by atoms with van der Waals surface area (Å²) in [6.07, 6.45) is 0.451. The zero-order chi connectivity index (χ0) is 12.8. The molecule has 0 saturated carbocycles. The SMILES string of the molecule is O=C(Cc1cccs1)NCc1cccc(CCl)c1. The molecular formula is C14H14ClNOS. The number of nitrogens with one attached hydrogen (secondary N) is 1. The lowest BCUT2D eigenvalue weighted by atomic mass is 10.1. The second kappa shape index (κ2) is 6.57. The van der Waals surface area contributed by atoms with Gasteiger partial charge in [-0.3, -0.25) is 4.79 Å². The van der Waals surface area contributed by atoms with Crippen molar-refractivity contribution in [3.05, 3.63) is 57.8 Å². The topological polar surface area (TPSA) is 29.1 Å². The van der Waals surface area contributed by atoms with Crippen molar-refractivity contribution in [2.24, 2.45) is 0 Å². The summed E-state index contributed by atoms with van der Waals surface area (Å²) in [4.78, 5) is 12.8. The number of benzene rings is 1. The van der Waals surface area contributed by atoms with Gasteiger partial charge in [0.15, 0.2) is 0 Å². The van der Waals surface area contributed by atoms with Gasteiger partial charge in [0.05, 0.1) is 6.42 Å². The molecular weight excluding hydrogens is 266 g/mol. The minimum Gasteiger partial charge on any atom is -0.352 e. The highest BCUT2D eigenvalue weighted by molar-refractivity contribution is 7.10. The lowest BCUT2D eigenvalue weighted by molar-refractivity contribution is -0.120. The summed E-state index contributed by atoms with van der Waals surface area (Å²) in [5.74, 6) is 0.547. The Balaban J connectivity index is 1.85. The van der Waals surface area contributed by atoms with Crippen molar-refractivity contribution in [2.45, 2.75) is 18.8 Å². The first-order valence-electron chi connectivity index (χ1n) is 5.71. The van der Waals surface area contributed by atoms with Crippen molar-refractivity contribution >= 4 is 28.8 Å². The van der Waals surface area contributed by atoms with Crippen LogP contribution in [0.2, 0.25) is 0 Å². The van der Waals surface area contributed by atoms with Crippen molar-refractivity contribution < 1.29 is 4.79 Å². The second-order valence-electron chi connectivity index (χ2n) is 3.99. The quantitative estimate of drug-likeness (QED) is 0.836. The Kier molecular flexibility index (Phi) is 4.79. The number of hydrogen-bond acceptors (Lipinski definition) is 2. The summed E-state index contributed by atoms with van der Waals surface area (Å²) in [7, 11) is 0. The Bertz CT molecular complexity index is 510. The molecule has 4 heteroatoms. The van der Waals surface area contributed by atoms with Crippen LogP contribution in [-0.2, 0) is 23.6 Å². The van der Waals surface area contributed by atoms with Gasteiger partial charge in [-0.05, 0) is 22.6 Å². The van der Waals surface area contributed by atoms with Crippen molar-refractivity contribution in [1.29, 1.82) is 0 Å². The molecule has 0 aliphatic carbocycles. The van der Waals surface area contributed by atoms with Crippen LogP contribution in [0.3, 0.4) is 0 Å². The second-order valence-corrected chi connectivity index (χ2v) is 5.29. The van der Waals surface area contributed by atoms with E-state index >= 15 is 0 Å². The minimum absolute atomic E-state index is 0.0497. The molecule has 1 amide bonds.